The zero-order valence-corrected chi connectivity index (χ0v) is 22.2. The third-order valence-electron chi connectivity index (χ3n) is 6.43. The number of carbonyl (C=O) groups is 1. The zero-order valence-electron chi connectivity index (χ0n) is 21.4. The van der Waals surface area contributed by atoms with E-state index in [1.807, 2.05) is 18.2 Å². The molecule has 0 spiro atoms. The second-order valence-corrected chi connectivity index (χ2v) is 10.5. The van der Waals surface area contributed by atoms with Gasteiger partial charge in [0.15, 0.2) is 23.0 Å². The lowest BCUT2D eigenvalue weighted by atomic mass is 9.95. The summed E-state index contributed by atoms with van der Waals surface area (Å²) in [6.45, 7) is 0.122. The van der Waals surface area contributed by atoms with Gasteiger partial charge in [-0.25, -0.2) is 8.42 Å². The van der Waals surface area contributed by atoms with Crippen molar-refractivity contribution in [2.24, 2.45) is 0 Å². The van der Waals surface area contributed by atoms with Gasteiger partial charge in [0.05, 0.1) is 39.9 Å². The number of hydrogen-bond donors (Lipinski definition) is 1. The molecule has 1 amide bonds. The number of methoxy groups -OCH3 is 4. The lowest BCUT2D eigenvalue weighted by Gasteiger charge is -2.33. The van der Waals surface area contributed by atoms with E-state index in [1.165, 1.54) is 30.7 Å². The average molecular weight is 521 g/mol. The Hall–Kier alpha value is -2.98. The smallest absolute Gasteiger partial charge is 0.243 e. The highest BCUT2D eigenvalue weighted by Gasteiger charge is 2.34. The van der Waals surface area contributed by atoms with Crippen LogP contribution in [0.25, 0.3) is 0 Å². The maximum Gasteiger partial charge on any atom is 0.243 e. The Morgan fingerprint density at radius 2 is 1.44 bits per heavy atom. The molecule has 1 fully saturated rings. The summed E-state index contributed by atoms with van der Waals surface area (Å²) < 4.78 is 49.8. The molecule has 9 nitrogen and oxygen atoms in total. The standard InChI is InChI=1S/C26H36N2O7S/c1-32-22-12-10-19(16-24(22)34-3)14-15-27-26(29)18-28(20-8-6-5-7-9-20)36(30,31)21-11-13-23(33-2)25(17-21)35-4/h10-13,16-17,20H,5-9,14-15,18H2,1-4H3,(H,27,29). The molecular weight excluding hydrogens is 484 g/mol. The van der Waals surface area contributed by atoms with Crippen molar-refractivity contribution in [3.63, 3.8) is 0 Å². The third-order valence-corrected chi connectivity index (χ3v) is 8.32. The molecule has 36 heavy (non-hydrogen) atoms. The van der Waals surface area contributed by atoms with Gasteiger partial charge in [-0.05, 0) is 49.1 Å². The van der Waals surface area contributed by atoms with Crippen molar-refractivity contribution < 1.29 is 32.2 Å². The number of carbonyl (C=O) groups excluding carboxylic acids is 1. The van der Waals surface area contributed by atoms with Crippen molar-refractivity contribution in [2.45, 2.75) is 49.5 Å². The minimum atomic E-state index is -3.94. The topological polar surface area (TPSA) is 103 Å². The summed E-state index contributed by atoms with van der Waals surface area (Å²) in [4.78, 5) is 13.0. The molecule has 0 radical (unpaired) electrons. The zero-order chi connectivity index (χ0) is 26.1. The van der Waals surface area contributed by atoms with Gasteiger partial charge in [-0.15, -0.1) is 0 Å². The molecule has 0 saturated heterocycles. The van der Waals surface area contributed by atoms with Crippen LogP contribution in [0.15, 0.2) is 41.3 Å². The van der Waals surface area contributed by atoms with Gasteiger partial charge >= 0.3 is 0 Å². The molecule has 0 bridgehead atoms. The van der Waals surface area contributed by atoms with Crippen molar-refractivity contribution in [3.8, 4) is 23.0 Å². The minimum absolute atomic E-state index is 0.0730. The highest BCUT2D eigenvalue weighted by atomic mass is 32.2. The van der Waals surface area contributed by atoms with Crippen molar-refractivity contribution in [1.82, 2.24) is 9.62 Å². The van der Waals surface area contributed by atoms with Gasteiger partial charge in [-0.2, -0.15) is 4.31 Å². The van der Waals surface area contributed by atoms with E-state index in [1.54, 1.807) is 20.3 Å². The van der Waals surface area contributed by atoms with Crippen LogP contribution in [0.1, 0.15) is 37.7 Å². The monoisotopic (exact) mass is 520 g/mol. The first-order valence-corrected chi connectivity index (χ1v) is 13.5. The van der Waals surface area contributed by atoms with E-state index < -0.39 is 10.0 Å². The Morgan fingerprint density at radius 1 is 0.861 bits per heavy atom. The fraction of sp³-hybridized carbons (Fsp3) is 0.500. The van der Waals surface area contributed by atoms with E-state index >= 15 is 0 Å². The van der Waals surface area contributed by atoms with Crippen molar-refractivity contribution in [3.05, 3.63) is 42.0 Å². The molecule has 0 unspecified atom stereocenters. The largest absolute Gasteiger partial charge is 0.493 e. The molecular formula is C26H36N2O7S. The maximum absolute atomic E-state index is 13.7. The predicted molar refractivity (Wildman–Crippen MR) is 137 cm³/mol. The fourth-order valence-corrected chi connectivity index (χ4v) is 6.13. The van der Waals surface area contributed by atoms with Crippen LogP contribution in [0.4, 0.5) is 0 Å². The number of nitrogens with zero attached hydrogens (tertiary/aromatic N) is 1. The van der Waals surface area contributed by atoms with Gasteiger partial charge < -0.3 is 24.3 Å². The number of hydrogen-bond acceptors (Lipinski definition) is 7. The third kappa shape index (κ3) is 6.61. The van der Waals surface area contributed by atoms with E-state index in [9.17, 15) is 13.2 Å². The van der Waals surface area contributed by atoms with Crippen LogP contribution in [0, 0.1) is 0 Å². The number of ether oxygens (including phenoxy) is 4. The van der Waals surface area contributed by atoms with Gasteiger partial charge in [0.25, 0.3) is 0 Å². The predicted octanol–water partition coefficient (Wildman–Crippen LogP) is 3.40. The van der Waals surface area contributed by atoms with E-state index in [2.05, 4.69) is 5.32 Å². The number of amides is 1. The highest BCUT2D eigenvalue weighted by Crippen LogP contribution is 2.33. The Kier molecular flexibility index (Phi) is 9.83. The summed E-state index contributed by atoms with van der Waals surface area (Å²) >= 11 is 0. The Morgan fingerprint density at radius 3 is 2.06 bits per heavy atom. The second kappa shape index (κ2) is 12.8. The first kappa shape index (κ1) is 27.6. The molecule has 1 saturated carbocycles. The van der Waals surface area contributed by atoms with Gasteiger partial charge in [0.2, 0.25) is 15.9 Å². The molecule has 2 aromatic carbocycles. The molecule has 198 valence electrons. The molecule has 0 atom stereocenters. The maximum atomic E-state index is 13.7. The first-order valence-electron chi connectivity index (χ1n) is 12.1. The minimum Gasteiger partial charge on any atom is -0.493 e. The van der Waals surface area contributed by atoms with Crippen molar-refractivity contribution in [2.75, 3.05) is 41.5 Å². The highest BCUT2D eigenvalue weighted by molar-refractivity contribution is 7.89. The van der Waals surface area contributed by atoms with Crippen LogP contribution in [-0.2, 0) is 21.2 Å². The van der Waals surface area contributed by atoms with Crippen LogP contribution in [-0.4, -0.2) is 66.2 Å². The fourth-order valence-electron chi connectivity index (χ4n) is 4.47. The van der Waals surface area contributed by atoms with Crippen molar-refractivity contribution in [1.29, 1.82) is 0 Å². The molecule has 2 aromatic rings. The van der Waals surface area contributed by atoms with Crippen LogP contribution < -0.4 is 24.3 Å². The van der Waals surface area contributed by atoms with Gasteiger partial charge in [0, 0.05) is 18.7 Å². The average Bonchev–Trinajstić information content (AvgIpc) is 2.91. The van der Waals surface area contributed by atoms with Gasteiger partial charge in [0.1, 0.15) is 0 Å². The Balaban J connectivity index is 1.73. The van der Waals surface area contributed by atoms with Crippen LogP contribution in [0.2, 0.25) is 0 Å². The van der Waals surface area contributed by atoms with Crippen molar-refractivity contribution >= 4 is 15.9 Å². The SMILES string of the molecule is COc1ccc(CCNC(=O)CN(C2CCCCC2)S(=O)(=O)c2ccc(OC)c(OC)c2)cc1OC. The normalized spacial score (nSPS) is 14.4. The summed E-state index contributed by atoms with van der Waals surface area (Å²) in [7, 11) is 2.16. The molecule has 0 aromatic heterocycles. The number of nitrogens with one attached hydrogen (secondary N) is 1. The lowest BCUT2D eigenvalue weighted by Crippen LogP contribution is -2.47. The molecule has 1 N–H and O–H groups in total. The van der Waals surface area contributed by atoms with E-state index in [0.29, 0.717) is 36.0 Å². The summed E-state index contributed by atoms with van der Waals surface area (Å²) in [5.41, 5.74) is 0.968. The van der Waals surface area contributed by atoms with E-state index in [-0.39, 0.29) is 23.4 Å². The van der Waals surface area contributed by atoms with Crippen LogP contribution in [0.3, 0.4) is 0 Å². The number of sulfonamides is 1. The lowest BCUT2D eigenvalue weighted by molar-refractivity contribution is -0.121. The summed E-state index contributed by atoms with van der Waals surface area (Å²) in [5.74, 6) is 1.67. The number of benzene rings is 2. The Bertz CT molecular complexity index is 1130. The molecule has 10 heteroatoms. The van der Waals surface area contributed by atoms with E-state index in [0.717, 1.165) is 37.7 Å². The van der Waals surface area contributed by atoms with Gasteiger partial charge in [-0.3, -0.25) is 4.79 Å². The van der Waals surface area contributed by atoms with Crippen LogP contribution >= 0.6 is 0 Å². The van der Waals surface area contributed by atoms with E-state index in [4.69, 9.17) is 18.9 Å². The molecule has 1 aliphatic rings. The molecule has 3 rings (SSSR count). The molecule has 0 heterocycles. The quantitative estimate of drug-likeness (QED) is 0.457. The summed E-state index contributed by atoms with van der Waals surface area (Å²) in [6.07, 6.45) is 4.96. The van der Waals surface area contributed by atoms with Crippen LogP contribution in [0.5, 0.6) is 23.0 Å². The number of rotatable bonds is 12. The Labute approximate surface area is 213 Å². The summed E-state index contributed by atoms with van der Waals surface area (Å²) in [5, 5.41) is 2.87. The summed E-state index contributed by atoms with van der Waals surface area (Å²) in [6, 6.07) is 9.85. The molecule has 1 aliphatic carbocycles. The second-order valence-electron chi connectivity index (χ2n) is 8.65. The van der Waals surface area contributed by atoms with Gasteiger partial charge in [-0.1, -0.05) is 25.3 Å². The molecule has 0 aliphatic heterocycles. The first-order chi connectivity index (χ1) is 17.3.